The summed E-state index contributed by atoms with van der Waals surface area (Å²) < 4.78 is 7.91. The number of amides is 1. The number of rotatable bonds is 6. The molecule has 0 saturated carbocycles. The van der Waals surface area contributed by atoms with E-state index in [0.717, 1.165) is 17.5 Å². The molecule has 3 aromatic carbocycles. The molecule has 1 atom stereocenters. The predicted molar refractivity (Wildman–Crippen MR) is 137 cm³/mol. The van der Waals surface area contributed by atoms with Gasteiger partial charge in [0.15, 0.2) is 0 Å². The lowest BCUT2D eigenvalue weighted by Crippen LogP contribution is -2.29. The summed E-state index contributed by atoms with van der Waals surface area (Å²) in [6.07, 6.45) is 2.71. The van der Waals surface area contributed by atoms with Crippen molar-refractivity contribution in [2.45, 2.75) is 19.1 Å². The van der Waals surface area contributed by atoms with E-state index in [0.29, 0.717) is 51.8 Å². The van der Waals surface area contributed by atoms with Crippen LogP contribution in [0.25, 0.3) is 11.3 Å². The van der Waals surface area contributed by atoms with Gasteiger partial charge in [0, 0.05) is 29.2 Å². The number of carbonyl (C=O) groups excluding carboxylic acids is 1. The van der Waals surface area contributed by atoms with Crippen LogP contribution < -0.4 is 4.74 Å². The monoisotopic (exact) mass is 526 g/mol. The lowest BCUT2D eigenvalue weighted by atomic mass is 10.1. The van der Waals surface area contributed by atoms with Gasteiger partial charge < -0.3 is 9.64 Å². The molecule has 0 bridgehead atoms. The maximum Gasteiger partial charge on any atom is 0.253 e. The first-order chi connectivity index (χ1) is 17.0. The highest BCUT2D eigenvalue weighted by molar-refractivity contribution is 6.42. The fourth-order valence-corrected chi connectivity index (χ4v) is 4.54. The fourth-order valence-electron chi connectivity index (χ4n) is 4.09. The van der Waals surface area contributed by atoms with Crippen molar-refractivity contribution in [3.63, 3.8) is 0 Å². The second-order valence-electron chi connectivity index (χ2n) is 8.32. The third kappa shape index (κ3) is 5.30. The third-order valence-electron chi connectivity index (χ3n) is 5.97. The Kier molecular flexibility index (Phi) is 6.95. The van der Waals surface area contributed by atoms with Crippen LogP contribution in [0.2, 0.25) is 15.1 Å². The Balaban J connectivity index is 1.28. The topological polar surface area (TPSA) is 60.2 Å². The second kappa shape index (κ2) is 10.3. The van der Waals surface area contributed by atoms with Gasteiger partial charge in [0.25, 0.3) is 5.91 Å². The molecule has 1 saturated heterocycles. The van der Waals surface area contributed by atoms with Crippen LogP contribution in [0.1, 0.15) is 28.4 Å². The van der Waals surface area contributed by atoms with Gasteiger partial charge in [-0.3, -0.25) is 4.79 Å². The molecule has 6 nitrogen and oxygen atoms in total. The molecule has 2 heterocycles. The Morgan fingerprint density at radius 3 is 2.60 bits per heavy atom. The van der Waals surface area contributed by atoms with Crippen molar-refractivity contribution in [3.8, 4) is 17.0 Å². The van der Waals surface area contributed by atoms with Crippen LogP contribution in [-0.2, 0) is 6.61 Å². The van der Waals surface area contributed by atoms with Gasteiger partial charge in [-0.2, -0.15) is 0 Å². The normalized spacial score (nSPS) is 15.4. The first kappa shape index (κ1) is 23.7. The van der Waals surface area contributed by atoms with Crippen LogP contribution in [0.15, 0.2) is 72.9 Å². The maximum atomic E-state index is 12.8. The molecule has 0 spiro atoms. The highest BCUT2D eigenvalue weighted by Gasteiger charge is 2.29. The summed E-state index contributed by atoms with van der Waals surface area (Å²) in [7, 11) is 0. The SMILES string of the molecule is O=C(c1ccc(Cl)cc1)N1CC[C@H](n2cc(-c3ccccc3OCc3ccc(Cl)c(Cl)c3)nn2)C1. The summed E-state index contributed by atoms with van der Waals surface area (Å²) in [5.74, 6) is 0.683. The predicted octanol–water partition coefficient (Wildman–Crippen LogP) is 6.57. The van der Waals surface area contributed by atoms with Gasteiger partial charge in [0.05, 0.1) is 22.3 Å². The minimum atomic E-state index is -0.00875. The van der Waals surface area contributed by atoms with Crippen LogP contribution in [0.4, 0.5) is 0 Å². The molecule has 4 aromatic rings. The number of carbonyl (C=O) groups is 1. The lowest BCUT2D eigenvalue weighted by Gasteiger charge is -2.16. The van der Waals surface area contributed by atoms with E-state index < -0.39 is 0 Å². The number of ether oxygens (including phenoxy) is 1. The van der Waals surface area contributed by atoms with Crippen molar-refractivity contribution < 1.29 is 9.53 Å². The number of nitrogens with zero attached hydrogens (tertiary/aromatic N) is 4. The van der Waals surface area contributed by atoms with E-state index in [1.807, 2.05) is 46.1 Å². The van der Waals surface area contributed by atoms with Crippen LogP contribution in [0, 0.1) is 0 Å². The summed E-state index contributed by atoms with van der Waals surface area (Å²) in [6.45, 7) is 1.57. The van der Waals surface area contributed by atoms with E-state index in [1.54, 1.807) is 36.4 Å². The van der Waals surface area contributed by atoms with Gasteiger partial charge in [0.1, 0.15) is 18.1 Å². The molecule has 1 fully saturated rings. The van der Waals surface area contributed by atoms with Crippen LogP contribution in [0.3, 0.4) is 0 Å². The van der Waals surface area contributed by atoms with E-state index in [1.165, 1.54) is 0 Å². The third-order valence-corrected chi connectivity index (χ3v) is 6.96. The van der Waals surface area contributed by atoms with Crippen molar-refractivity contribution >= 4 is 40.7 Å². The zero-order valence-electron chi connectivity index (χ0n) is 18.6. The average Bonchev–Trinajstić information content (AvgIpc) is 3.55. The summed E-state index contributed by atoms with van der Waals surface area (Å²) in [5, 5.41) is 10.3. The van der Waals surface area contributed by atoms with E-state index in [9.17, 15) is 4.79 Å². The van der Waals surface area contributed by atoms with Crippen molar-refractivity contribution in [2.24, 2.45) is 0 Å². The summed E-state index contributed by atoms with van der Waals surface area (Å²) in [6, 6.07) is 20.1. The summed E-state index contributed by atoms with van der Waals surface area (Å²) >= 11 is 18.1. The van der Waals surface area contributed by atoms with Crippen molar-refractivity contribution in [3.05, 3.63) is 99.1 Å². The number of likely N-dealkylation sites (tertiary alicyclic amines) is 1. The molecule has 1 aromatic heterocycles. The number of para-hydroxylation sites is 1. The highest BCUT2D eigenvalue weighted by Crippen LogP contribution is 2.31. The van der Waals surface area contributed by atoms with Crippen molar-refractivity contribution in [1.82, 2.24) is 19.9 Å². The van der Waals surface area contributed by atoms with E-state index in [4.69, 9.17) is 39.5 Å². The maximum absolute atomic E-state index is 12.8. The number of hydrogen-bond donors (Lipinski definition) is 0. The minimum absolute atomic E-state index is 0.00875. The Hall–Kier alpha value is -3.06. The van der Waals surface area contributed by atoms with Gasteiger partial charge in [-0.05, 0) is 60.5 Å². The molecule has 35 heavy (non-hydrogen) atoms. The van der Waals surface area contributed by atoms with Crippen LogP contribution in [0.5, 0.6) is 5.75 Å². The molecule has 1 amide bonds. The molecule has 0 N–H and O–H groups in total. The first-order valence-corrected chi connectivity index (χ1v) is 12.2. The van der Waals surface area contributed by atoms with E-state index >= 15 is 0 Å². The molecule has 1 aliphatic heterocycles. The standard InChI is InChI=1S/C26H21Cl3N4O2/c27-19-8-6-18(7-9-19)26(34)32-12-11-20(14-32)33-15-24(30-31-33)21-3-1-2-4-25(21)35-16-17-5-10-22(28)23(29)13-17/h1-10,13,15,20H,11-12,14,16H2/t20-/m0/s1. The average molecular weight is 528 g/mol. The molecule has 0 aliphatic carbocycles. The molecule has 0 radical (unpaired) electrons. The number of halogens is 3. The van der Waals surface area contributed by atoms with Gasteiger partial charge >= 0.3 is 0 Å². The quantitative estimate of drug-likeness (QED) is 0.284. The van der Waals surface area contributed by atoms with Gasteiger partial charge in [-0.1, -0.05) is 58.2 Å². The number of aromatic nitrogens is 3. The van der Waals surface area contributed by atoms with Gasteiger partial charge in [-0.25, -0.2) is 4.68 Å². The molecular weight excluding hydrogens is 507 g/mol. The number of hydrogen-bond acceptors (Lipinski definition) is 4. The van der Waals surface area contributed by atoms with Crippen molar-refractivity contribution in [2.75, 3.05) is 13.1 Å². The van der Waals surface area contributed by atoms with Crippen LogP contribution >= 0.6 is 34.8 Å². The second-order valence-corrected chi connectivity index (χ2v) is 9.57. The zero-order chi connectivity index (χ0) is 24.4. The van der Waals surface area contributed by atoms with Crippen LogP contribution in [-0.4, -0.2) is 38.9 Å². The minimum Gasteiger partial charge on any atom is -0.488 e. The molecule has 9 heteroatoms. The van der Waals surface area contributed by atoms with Gasteiger partial charge in [0.2, 0.25) is 0 Å². The van der Waals surface area contributed by atoms with E-state index in [2.05, 4.69) is 10.3 Å². The smallest absolute Gasteiger partial charge is 0.253 e. The van der Waals surface area contributed by atoms with Gasteiger partial charge in [-0.15, -0.1) is 5.10 Å². The number of benzene rings is 3. The fraction of sp³-hybridized carbons (Fsp3) is 0.192. The molecule has 178 valence electrons. The lowest BCUT2D eigenvalue weighted by molar-refractivity contribution is 0.0787. The molecule has 0 unspecified atom stereocenters. The summed E-state index contributed by atoms with van der Waals surface area (Å²) in [4.78, 5) is 14.7. The Morgan fingerprint density at radius 1 is 1.00 bits per heavy atom. The zero-order valence-corrected chi connectivity index (χ0v) is 20.8. The Morgan fingerprint density at radius 2 is 1.80 bits per heavy atom. The Labute approximate surface area is 218 Å². The molecule has 1 aliphatic rings. The first-order valence-electron chi connectivity index (χ1n) is 11.1. The van der Waals surface area contributed by atoms with Crippen molar-refractivity contribution in [1.29, 1.82) is 0 Å². The molecule has 5 rings (SSSR count). The highest BCUT2D eigenvalue weighted by atomic mass is 35.5. The Bertz CT molecular complexity index is 1360. The van der Waals surface area contributed by atoms with E-state index in [-0.39, 0.29) is 11.9 Å². The largest absolute Gasteiger partial charge is 0.488 e. The summed E-state index contributed by atoms with van der Waals surface area (Å²) in [5.41, 5.74) is 3.08. The molecular formula is C26H21Cl3N4O2.